The lowest BCUT2D eigenvalue weighted by Gasteiger charge is -2.32. The second-order valence-electron chi connectivity index (χ2n) is 6.45. The Kier molecular flexibility index (Phi) is 6.06. The monoisotopic (exact) mass is 337 g/mol. The van der Waals surface area contributed by atoms with Crippen LogP contribution in [0.1, 0.15) is 51.9 Å². The molecule has 0 fully saturated rings. The average molecular weight is 338 g/mol. The number of imidazole rings is 1. The number of aliphatic hydroxyl groups excluding tert-OH is 1. The van der Waals surface area contributed by atoms with E-state index in [1.54, 1.807) is 0 Å². The van der Waals surface area contributed by atoms with Crippen molar-refractivity contribution in [2.24, 2.45) is 12.5 Å². The molecule has 0 radical (unpaired) electrons. The van der Waals surface area contributed by atoms with Crippen LogP contribution in [0.15, 0.2) is 18.2 Å². The quantitative estimate of drug-likeness (QED) is 0.763. The zero-order valence-corrected chi connectivity index (χ0v) is 15.3. The van der Waals surface area contributed by atoms with E-state index in [1.165, 1.54) is 0 Å². The Balaban J connectivity index is 2.17. The predicted octanol–water partition coefficient (Wildman–Crippen LogP) is 4.07. The summed E-state index contributed by atoms with van der Waals surface area (Å²) in [6, 6.07) is 5.93. The molecule has 1 aromatic heterocycles. The molecule has 0 aliphatic rings. The first-order valence-corrected chi connectivity index (χ1v) is 8.80. The summed E-state index contributed by atoms with van der Waals surface area (Å²) in [5.74, 6) is 1.01. The van der Waals surface area contributed by atoms with Gasteiger partial charge >= 0.3 is 0 Å². The normalized spacial score (nSPS) is 13.7. The van der Waals surface area contributed by atoms with Crippen molar-refractivity contribution < 1.29 is 5.11 Å². The number of hydrogen-bond acceptors (Lipinski definition) is 3. The highest BCUT2D eigenvalue weighted by molar-refractivity contribution is 6.31. The van der Waals surface area contributed by atoms with Gasteiger partial charge in [-0.05, 0) is 49.8 Å². The van der Waals surface area contributed by atoms with Crippen molar-refractivity contribution in [3.8, 4) is 0 Å². The van der Waals surface area contributed by atoms with E-state index in [1.807, 2.05) is 25.2 Å². The van der Waals surface area contributed by atoms with Crippen molar-refractivity contribution in [2.75, 3.05) is 13.2 Å². The summed E-state index contributed by atoms with van der Waals surface area (Å²) >= 11 is 6.09. The predicted molar refractivity (Wildman–Crippen MR) is 96.9 cm³/mol. The Labute approximate surface area is 143 Å². The smallest absolute Gasteiger partial charge is 0.126 e. The first-order chi connectivity index (χ1) is 11.0. The van der Waals surface area contributed by atoms with Gasteiger partial charge in [-0.1, -0.05) is 25.4 Å². The fraction of sp³-hybridized carbons (Fsp3) is 0.611. The highest BCUT2D eigenvalue weighted by atomic mass is 35.5. The van der Waals surface area contributed by atoms with Gasteiger partial charge in [0.25, 0.3) is 0 Å². The minimum Gasteiger partial charge on any atom is -0.396 e. The van der Waals surface area contributed by atoms with E-state index in [0.717, 1.165) is 47.7 Å². The number of nitrogens with zero attached hydrogens (tertiary/aromatic N) is 2. The third-order valence-electron chi connectivity index (χ3n) is 5.19. The molecule has 0 aliphatic carbocycles. The number of aryl methyl sites for hydroxylation is 1. The molecular weight excluding hydrogens is 310 g/mol. The van der Waals surface area contributed by atoms with Crippen LogP contribution in [0.5, 0.6) is 0 Å². The van der Waals surface area contributed by atoms with Crippen molar-refractivity contribution in [1.29, 1.82) is 0 Å². The van der Waals surface area contributed by atoms with Gasteiger partial charge in [0, 0.05) is 25.2 Å². The maximum absolute atomic E-state index is 9.36. The molecule has 0 spiro atoms. The van der Waals surface area contributed by atoms with Crippen LogP contribution in [0, 0.1) is 5.41 Å². The molecule has 1 aromatic carbocycles. The van der Waals surface area contributed by atoms with Gasteiger partial charge in [0.05, 0.1) is 17.1 Å². The van der Waals surface area contributed by atoms with Crippen LogP contribution in [0.25, 0.3) is 11.0 Å². The highest BCUT2D eigenvalue weighted by Gasteiger charge is 2.26. The maximum atomic E-state index is 9.36. The molecule has 0 amide bonds. The van der Waals surface area contributed by atoms with Gasteiger partial charge in [-0.2, -0.15) is 0 Å². The van der Waals surface area contributed by atoms with E-state index in [4.69, 9.17) is 16.6 Å². The maximum Gasteiger partial charge on any atom is 0.126 e. The molecule has 4 nitrogen and oxygen atoms in total. The van der Waals surface area contributed by atoms with E-state index in [9.17, 15) is 5.11 Å². The molecule has 23 heavy (non-hydrogen) atoms. The van der Waals surface area contributed by atoms with Crippen molar-refractivity contribution in [2.45, 2.75) is 46.1 Å². The number of benzene rings is 1. The molecule has 0 saturated heterocycles. The standard InChI is InChI=1S/C18H28ClN3O/c1-5-18(6-2,9-10-23)12-20-13(3)17-21-15-8-7-14(19)11-16(15)22(17)4/h7-8,11,13,20,23H,5-6,9-10,12H2,1-4H3. The van der Waals surface area contributed by atoms with Crippen LogP contribution >= 0.6 is 11.6 Å². The van der Waals surface area contributed by atoms with Crippen molar-refractivity contribution in [1.82, 2.24) is 14.9 Å². The molecule has 2 rings (SSSR count). The van der Waals surface area contributed by atoms with Crippen LogP contribution in [0.3, 0.4) is 0 Å². The first kappa shape index (κ1) is 18.2. The summed E-state index contributed by atoms with van der Waals surface area (Å²) in [4.78, 5) is 4.74. The summed E-state index contributed by atoms with van der Waals surface area (Å²) in [7, 11) is 2.03. The van der Waals surface area contributed by atoms with Gasteiger partial charge in [0.1, 0.15) is 5.82 Å². The first-order valence-electron chi connectivity index (χ1n) is 8.42. The van der Waals surface area contributed by atoms with Crippen LogP contribution in [-0.2, 0) is 7.05 Å². The minimum absolute atomic E-state index is 0.141. The molecule has 128 valence electrons. The van der Waals surface area contributed by atoms with Crippen LogP contribution < -0.4 is 5.32 Å². The number of nitrogens with one attached hydrogen (secondary N) is 1. The lowest BCUT2D eigenvalue weighted by atomic mass is 9.79. The number of aromatic nitrogens is 2. The van der Waals surface area contributed by atoms with E-state index in [0.29, 0.717) is 0 Å². The Hall–Kier alpha value is -1.10. The fourth-order valence-electron chi connectivity index (χ4n) is 3.21. The van der Waals surface area contributed by atoms with E-state index in [-0.39, 0.29) is 18.1 Å². The second kappa shape index (κ2) is 7.65. The summed E-state index contributed by atoms with van der Waals surface area (Å²) < 4.78 is 2.10. The molecule has 1 atom stereocenters. The average Bonchev–Trinajstić information content (AvgIpc) is 2.88. The van der Waals surface area contributed by atoms with Gasteiger partial charge in [-0.15, -0.1) is 0 Å². The van der Waals surface area contributed by atoms with Crippen molar-refractivity contribution >= 4 is 22.6 Å². The van der Waals surface area contributed by atoms with Gasteiger partial charge in [0.15, 0.2) is 0 Å². The molecule has 2 aromatic rings. The van der Waals surface area contributed by atoms with Gasteiger partial charge in [-0.25, -0.2) is 4.98 Å². The summed E-state index contributed by atoms with van der Waals surface area (Å²) in [6.07, 6.45) is 2.95. The molecule has 0 bridgehead atoms. The van der Waals surface area contributed by atoms with Gasteiger partial charge < -0.3 is 15.0 Å². The number of rotatable bonds is 8. The summed E-state index contributed by atoms with van der Waals surface area (Å²) in [5, 5.41) is 13.7. The number of aliphatic hydroxyl groups is 1. The third kappa shape index (κ3) is 3.87. The van der Waals surface area contributed by atoms with Crippen LogP contribution in [0.2, 0.25) is 5.02 Å². The van der Waals surface area contributed by atoms with Crippen LogP contribution in [-0.4, -0.2) is 27.8 Å². The number of halogens is 1. The largest absolute Gasteiger partial charge is 0.396 e. The SMILES string of the molecule is CCC(CC)(CCO)CNC(C)c1nc2ccc(Cl)cc2n1C. The van der Waals surface area contributed by atoms with Crippen LogP contribution in [0.4, 0.5) is 0 Å². The van der Waals surface area contributed by atoms with Crippen molar-refractivity contribution in [3.63, 3.8) is 0 Å². The Morgan fingerprint density at radius 3 is 2.65 bits per heavy atom. The fourth-order valence-corrected chi connectivity index (χ4v) is 3.38. The summed E-state index contributed by atoms with van der Waals surface area (Å²) in [5.41, 5.74) is 2.17. The lowest BCUT2D eigenvalue weighted by Crippen LogP contribution is -2.36. The minimum atomic E-state index is 0.141. The summed E-state index contributed by atoms with van der Waals surface area (Å²) in [6.45, 7) is 7.65. The Bertz CT molecular complexity index is 649. The molecule has 0 aliphatic heterocycles. The molecule has 2 N–H and O–H groups in total. The van der Waals surface area contributed by atoms with E-state index in [2.05, 4.69) is 30.7 Å². The Morgan fingerprint density at radius 1 is 1.35 bits per heavy atom. The highest BCUT2D eigenvalue weighted by Crippen LogP contribution is 2.30. The van der Waals surface area contributed by atoms with E-state index < -0.39 is 0 Å². The van der Waals surface area contributed by atoms with Gasteiger partial charge in [-0.3, -0.25) is 0 Å². The molecule has 1 unspecified atom stereocenters. The van der Waals surface area contributed by atoms with E-state index >= 15 is 0 Å². The molecular formula is C18H28ClN3O. The third-order valence-corrected chi connectivity index (χ3v) is 5.43. The van der Waals surface area contributed by atoms with Crippen molar-refractivity contribution in [3.05, 3.63) is 29.0 Å². The Morgan fingerprint density at radius 2 is 2.04 bits per heavy atom. The molecule has 5 heteroatoms. The topological polar surface area (TPSA) is 50.1 Å². The molecule has 0 saturated carbocycles. The zero-order chi connectivity index (χ0) is 17.0. The number of hydrogen-bond donors (Lipinski definition) is 2. The molecule has 1 heterocycles. The second-order valence-corrected chi connectivity index (χ2v) is 6.88. The lowest BCUT2D eigenvalue weighted by molar-refractivity contribution is 0.159. The number of fused-ring (bicyclic) bond motifs is 1. The zero-order valence-electron chi connectivity index (χ0n) is 14.6. The van der Waals surface area contributed by atoms with Gasteiger partial charge in [0.2, 0.25) is 0 Å².